The fourth-order valence-corrected chi connectivity index (χ4v) is 2.82. The van der Waals surface area contributed by atoms with E-state index in [1.165, 1.54) is 42.5 Å². The van der Waals surface area contributed by atoms with E-state index >= 15 is 0 Å². The fourth-order valence-electron chi connectivity index (χ4n) is 2.82. The third kappa shape index (κ3) is 3.19. The number of hydrogen-bond donors (Lipinski definition) is 2. The van der Waals surface area contributed by atoms with Gasteiger partial charge in [0.2, 0.25) is 11.2 Å². The van der Waals surface area contributed by atoms with Crippen LogP contribution in [0.2, 0.25) is 0 Å². The molecule has 0 spiro atoms. The van der Waals surface area contributed by atoms with Crippen molar-refractivity contribution in [3.8, 4) is 28.6 Å². The van der Waals surface area contributed by atoms with Gasteiger partial charge in [0.15, 0.2) is 5.76 Å². The van der Waals surface area contributed by atoms with E-state index < -0.39 is 11.4 Å². The molecule has 28 heavy (non-hydrogen) atoms. The Hall–Kier alpha value is -4.06. The minimum atomic E-state index is -1.05. The average Bonchev–Trinajstić information content (AvgIpc) is 2.71. The first-order valence-electron chi connectivity index (χ1n) is 8.39. The van der Waals surface area contributed by atoms with Gasteiger partial charge in [-0.05, 0) is 36.4 Å². The van der Waals surface area contributed by atoms with Crippen molar-refractivity contribution in [1.82, 2.24) is 0 Å². The van der Waals surface area contributed by atoms with Crippen molar-refractivity contribution < 1.29 is 24.2 Å². The Kier molecular flexibility index (Phi) is 4.29. The number of rotatable bonds is 4. The summed E-state index contributed by atoms with van der Waals surface area (Å²) in [4.78, 5) is 24.1. The van der Waals surface area contributed by atoms with E-state index in [9.17, 15) is 14.7 Å². The van der Waals surface area contributed by atoms with Crippen LogP contribution in [0, 0.1) is 0 Å². The van der Waals surface area contributed by atoms with E-state index in [1.54, 1.807) is 24.3 Å². The highest BCUT2D eigenvalue weighted by molar-refractivity contribution is 5.87. The summed E-state index contributed by atoms with van der Waals surface area (Å²) in [6.45, 7) is 0. The summed E-state index contributed by atoms with van der Waals surface area (Å²) < 4.78 is 11.7. The van der Waals surface area contributed by atoms with Crippen LogP contribution in [0.15, 0.2) is 82.0 Å². The van der Waals surface area contributed by atoms with Gasteiger partial charge in [0.25, 0.3) is 0 Å². The van der Waals surface area contributed by atoms with Crippen LogP contribution in [0.4, 0.5) is 0 Å². The molecule has 1 aromatic heterocycles. The van der Waals surface area contributed by atoms with Crippen LogP contribution in [-0.4, -0.2) is 16.2 Å². The predicted molar refractivity (Wildman–Crippen MR) is 103 cm³/mol. The van der Waals surface area contributed by atoms with E-state index in [-0.39, 0.29) is 33.8 Å². The summed E-state index contributed by atoms with van der Waals surface area (Å²) in [5, 5.41) is 19.0. The number of phenols is 1. The van der Waals surface area contributed by atoms with Crippen LogP contribution in [0.25, 0.3) is 22.3 Å². The van der Waals surface area contributed by atoms with E-state index in [4.69, 9.17) is 14.3 Å². The minimum absolute atomic E-state index is 0.0208. The Morgan fingerprint density at radius 3 is 2.32 bits per heavy atom. The smallest absolute Gasteiger partial charge is 0.335 e. The van der Waals surface area contributed by atoms with Crippen LogP contribution in [0.3, 0.4) is 0 Å². The van der Waals surface area contributed by atoms with Crippen LogP contribution in [-0.2, 0) is 0 Å². The molecule has 6 heteroatoms. The SMILES string of the molecule is O=C(O)c1ccc(Oc2c(-c3ccccc3)oc3cc(O)ccc3c2=O)cc1. The van der Waals surface area contributed by atoms with Gasteiger partial charge in [-0.25, -0.2) is 4.79 Å². The van der Waals surface area contributed by atoms with E-state index in [0.29, 0.717) is 11.3 Å². The maximum Gasteiger partial charge on any atom is 0.335 e. The second-order valence-electron chi connectivity index (χ2n) is 6.07. The molecule has 0 saturated carbocycles. The highest BCUT2D eigenvalue weighted by Gasteiger charge is 2.19. The number of aromatic carboxylic acids is 1. The molecule has 0 amide bonds. The number of carboxylic acids is 1. The number of carbonyl (C=O) groups is 1. The Morgan fingerprint density at radius 2 is 1.64 bits per heavy atom. The Morgan fingerprint density at radius 1 is 0.929 bits per heavy atom. The zero-order chi connectivity index (χ0) is 19.7. The molecule has 0 aliphatic rings. The summed E-state index contributed by atoms with van der Waals surface area (Å²) in [5.74, 6) is -0.583. The number of phenolic OH excluding ortho intramolecular Hbond substituents is 1. The second-order valence-corrected chi connectivity index (χ2v) is 6.07. The lowest BCUT2D eigenvalue weighted by Gasteiger charge is -2.12. The number of aromatic hydroxyl groups is 1. The summed E-state index contributed by atoms with van der Waals surface area (Å²) >= 11 is 0. The number of hydrogen-bond acceptors (Lipinski definition) is 5. The molecular formula is C22H14O6. The molecule has 6 nitrogen and oxygen atoms in total. The van der Waals surface area contributed by atoms with Crippen molar-refractivity contribution in [2.45, 2.75) is 0 Å². The quantitative estimate of drug-likeness (QED) is 0.539. The summed E-state index contributed by atoms with van der Waals surface area (Å²) in [6.07, 6.45) is 0. The lowest BCUT2D eigenvalue weighted by molar-refractivity contribution is 0.0697. The topological polar surface area (TPSA) is 97.0 Å². The van der Waals surface area contributed by atoms with Gasteiger partial charge < -0.3 is 19.4 Å². The van der Waals surface area contributed by atoms with Gasteiger partial charge in [0.05, 0.1) is 10.9 Å². The van der Waals surface area contributed by atoms with Gasteiger partial charge in [-0.15, -0.1) is 0 Å². The van der Waals surface area contributed by atoms with Gasteiger partial charge >= 0.3 is 5.97 Å². The van der Waals surface area contributed by atoms with Crippen molar-refractivity contribution in [2.24, 2.45) is 0 Å². The summed E-state index contributed by atoms with van der Waals surface area (Å²) in [6, 6.07) is 18.9. The summed E-state index contributed by atoms with van der Waals surface area (Å²) in [5.41, 5.74) is 0.568. The van der Waals surface area contributed by atoms with Crippen molar-refractivity contribution in [3.63, 3.8) is 0 Å². The first kappa shape index (κ1) is 17.4. The zero-order valence-electron chi connectivity index (χ0n) is 14.5. The summed E-state index contributed by atoms with van der Waals surface area (Å²) in [7, 11) is 0. The second kappa shape index (κ2) is 6.92. The molecule has 3 aromatic carbocycles. The van der Waals surface area contributed by atoms with Crippen molar-refractivity contribution >= 4 is 16.9 Å². The van der Waals surface area contributed by atoms with E-state index in [1.807, 2.05) is 6.07 Å². The van der Waals surface area contributed by atoms with Crippen LogP contribution < -0.4 is 10.2 Å². The number of benzene rings is 3. The normalized spacial score (nSPS) is 10.7. The Balaban J connectivity index is 1.90. The van der Waals surface area contributed by atoms with E-state index in [0.717, 1.165) is 0 Å². The zero-order valence-corrected chi connectivity index (χ0v) is 14.5. The minimum Gasteiger partial charge on any atom is -0.508 e. The highest BCUT2D eigenvalue weighted by atomic mass is 16.5. The van der Waals surface area contributed by atoms with Crippen molar-refractivity contribution in [3.05, 3.63) is 88.6 Å². The van der Waals surface area contributed by atoms with Crippen LogP contribution in [0.5, 0.6) is 17.2 Å². The van der Waals surface area contributed by atoms with Crippen molar-refractivity contribution in [1.29, 1.82) is 0 Å². The maximum atomic E-state index is 13.1. The maximum absolute atomic E-state index is 13.1. The highest BCUT2D eigenvalue weighted by Crippen LogP contribution is 2.34. The monoisotopic (exact) mass is 374 g/mol. The van der Waals surface area contributed by atoms with Gasteiger partial charge in [-0.2, -0.15) is 0 Å². The van der Waals surface area contributed by atoms with Gasteiger partial charge in [-0.3, -0.25) is 4.79 Å². The van der Waals surface area contributed by atoms with Gasteiger partial charge in [0.1, 0.15) is 17.1 Å². The van der Waals surface area contributed by atoms with Gasteiger partial charge in [0, 0.05) is 11.6 Å². The van der Waals surface area contributed by atoms with Crippen LogP contribution in [0.1, 0.15) is 10.4 Å². The number of fused-ring (bicyclic) bond motifs is 1. The molecule has 1 heterocycles. The Labute approximate surface area is 158 Å². The molecule has 4 aromatic rings. The molecule has 0 radical (unpaired) electrons. The molecule has 2 N–H and O–H groups in total. The van der Waals surface area contributed by atoms with E-state index in [2.05, 4.69) is 0 Å². The standard InChI is InChI=1S/C22H14O6/c23-15-8-11-17-18(12-15)28-20(13-4-2-1-3-5-13)21(19(17)24)27-16-9-6-14(7-10-16)22(25)26/h1-12,23H,(H,25,26). The molecule has 0 fully saturated rings. The molecule has 0 unspecified atom stereocenters. The largest absolute Gasteiger partial charge is 0.508 e. The molecule has 0 bridgehead atoms. The lowest BCUT2D eigenvalue weighted by Crippen LogP contribution is -2.07. The first-order valence-corrected chi connectivity index (χ1v) is 8.39. The first-order chi connectivity index (χ1) is 13.5. The van der Waals surface area contributed by atoms with Crippen molar-refractivity contribution in [2.75, 3.05) is 0 Å². The third-order valence-electron chi connectivity index (χ3n) is 4.19. The number of ether oxygens (including phenoxy) is 1. The van der Waals surface area contributed by atoms with Gasteiger partial charge in [-0.1, -0.05) is 30.3 Å². The fraction of sp³-hybridized carbons (Fsp3) is 0. The lowest BCUT2D eigenvalue weighted by atomic mass is 10.1. The predicted octanol–water partition coefficient (Wildman–Crippen LogP) is 4.66. The van der Waals surface area contributed by atoms with Crippen LogP contribution >= 0.6 is 0 Å². The molecule has 0 aliphatic heterocycles. The molecule has 4 rings (SSSR count). The molecule has 138 valence electrons. The molecular weight excluding hydrogens is 360 g/mol. The average molecular weight is 374 g/mol. The third-order valence-corrected chi connectivity index (χ3v) is 4.19. The molecule has 0 atom stereocenters. The molecule has 0 aliphatic carbocycles. The molecule has 0 saturated heterocycles. The number of carboxylic acid groups (broad SMARTS) is 1. The Bertz CT molecular complexity index is 1220.